The molecule has 0 saturated carbocycles. The number of rotatable bonds is 8. The molecule has 2 N–H and O–H groups in total. The van der Waals surface area contributed by atoms with Gasteiger partial charge in [-0.1, -0.05) is 11.6 Å². The molecule has 8 nitrogen and oxygen atoms in total. The quantitative estimate of drug-likeness (QED) is 0.591. The first kappa shape index (κ1) is 23.5. The third-order valence-corrected chi connectivity index (χ3v) is 5.55. The second kappa shape index (κ2) is 9.82. The lowest BCUT2D eigenvalue weighted by molar-refractivity contribution is 0.0526. The number of esters is 1. The molecule has 0 unspecified atom stereocenters. The van der Waals surface area contributed by atoms with Crippen LogP contribution in [0.3, 0.4) is 0 Å². The molecule has 0 aromatic heterocycles. The molecule has 0 radical (unpaired) electrons. The number of hydrogen-bond donors (Lipinski definition) is 2. The monoisotopic (exact) mass is 454 g/mol. The zero-order valence-electron chi connectivity index (χ0n) is 17.0. The van der Waals surface area contributed by atoms with E-state index in [-0.39, 0.29) is 45.1 Å². The maximum atomic E-state index is 12.8. The Morgan fingerprint density at radius 1 is 1.10 bits per heavy atom. The zero-order chi connectivity index (χ0) is 22.5. The Kier molecular flexibility index (Phi) is 7.69. The van der Waals surface area contributed by atoms with Crippen molar-refractivity contribution in [2.45, 2.75) is 31.7 Å². The third kappa shape index (κ3) is 5.64. The molecule has 2 rings (SSSR count). The Morgan fingerprint density at radius 3 is 2.37 bits per heavy atom. The van der Waals surface area contributed by atoms with Crippen LogP contribution in [0, 0.1) is 0 Å². The van der Waals surface area contributed by atoms with Crippen LogP contribution in [0.15, 0.2) is 41.3 Å². The van der Waals surface area contributed by atoms with Crippen molar-refractivity contribution in [1.29, 1.82) is 0 Å². The van der Waals surface area contributed by atoms with Crippen molar-refractivity contribution in [2.75, 3.05) is 18.4 Å². The van der Waals surface area contributed by atoms with E-state index in [1.807, 2.05) is 0 Å². The first-order chi connectivity index (χ1) is 14.1. The molecule has 0 spiro atoms. The van der Waals surface area contributed by atoms with Crippen LogP contribution in [0.5, 0.6) is 5.75 Å². The summed E-state index contributed by atoms with van der Waals surface area (Å²) in [5, 5.41) is 2.74. The summed E-state index contributed by atoms with van der Waals surface area (Å²) in [7, 11) is -2.65. The molecular weight excluding hydrogens is 432 g/mol. The van der Waals surface area contributed by atoms with Crippen LogP contribution < -0.4 is 14.8 Å². The Balaban J connectivity index is 2.34. The van der Waals surface area contributed by atoms with E-state index in [0.29, 0.717) is 0 Å². The third-order valence-electron chi connectivity index (χ3n) is 3.86. The predicted octanol–water partition coefficient (Wildman–Crippen LogP) is 3.46. The van der Waals surface area contributed by atoms with Gasteiger partial charge in [0, 0.05) is 6.04 Å². The van der Waals surface area contributed by atoms with E-state index in [1.54, 1.807) is 20.8 Å². The van der Waals surface area contributed by atoms with Gasteiger partial charge >= 0.3 is 5.97 Å². The van der Waals surface area contributed by atoms with Gasteiger partial charge in [-0.25, -0.2) is 13.2 Å². The zero-order valence-corrected chi connectivity index (χ0v) is 18.6. The molecule has 2 aromatic rings. The smallest absolute Gasteiger partial charge is 0.339 e. The van der Waals surface area contributed by atoms with Crippen LogP contribution in [-0.4, -0.2) is 40.1 Å². The molecule has 0 aliphatic carbocycles. The highest BCUT2D eigenvalue weighted by atomic mass is 35.5. The van der Waals surface area contributed by atoms with Crippen LogP contribution in [0.25, 0.3) is 0 Å². The summed E-state index contributed by atoms with van der Waals surface area (Å²) in [6.45, 7) is 5.43. The highest BCUT2D eigenvalue weighted by Gasteiger charge is 2.21. The van der Waals surface area contributed by atoms with Gasteiger partial charge in [0.25, 0.3) is 15.9 Å². The van der Waals surface area contributed by atoms with Gasteiger partial charge in [-0.3, -0.25) is 9.52 Å². The number of hydrogen-bond acceptors (Lipinski definition) is 6. The van der Waals surface area contributed by atoms with E-state index in [2.05, 4.69) is 10.0 Å². The molecule has 162 valence electrons. The fourth-order valence-corrected chi connectivity index (χ4v) is 3.87. The maximum absolute atomic E-state index is 12.8. The minimum absolute atomic E-state index is 0.0420. The molecular formula is C20H23ClN2O6S. The number of halogens is 1. The number of carbonyl (C=O) groups is 2. The lowest BCUT2D eigenvalue weighted by Gasteiger charge is -2.14. The first-order valence-electron chi connectivity index (χ1n) is 9.07. The molecule has 0 aliphatic rings. The maximum Gasteiger partial charge on any atom is 0.339 e. The van der Waals surface area contributed by atoms with E-state index in [9.17, 15) is 18.0 Å². The van der Waals surface area contributed by atoms with Gasteiger partial charge in [0.05, 0.1) is 40.4 Å². The highest BCUT2D eigenvalue weighted by molar-refractivity contribution is 7.92. The van der Waals surface area contributed by atoms with Gasteiger partial charge in [0.15, 0.2) is 0 Å². The fraction of sp³-hybridized carbons (Fsp3) is 0.300. The average molecular weight is 455 g/mol. The number of anilines is 1. The molecule has 0 fully saturated rings. The summed E-state index contributed by atoms with van der Waals surface area (Å²) in [4.78, 5) is 24.1. The highest BCUT2D eigenvalue weighted by Crippen LogP contribution is 2.26. The summed E-state index contributed by atoms with van der Waals surface area (Å²) in [6, 6.07) is 7.89. The number of carbonyl (C=O) groups excluding carboxylic acids is 2. The van der Waals surface area contributed by atoms with Crippen molar-refractivity contribution in [3.05, 3.63) is 52.5 Å². The van der Waals surface area contributed by atoms with Crippen LogP contribution in [0.2, 0.25) is 5.02 Å². The van der Waals surface area contributed by atoms with Crippen molar-refractivity contribution in [1.82, 2.24) is 5.32 Å². The standard InChI is InChI=1S/C20H23ClN2O6S/c1-5-29-20(25)15-8-6-13(10-17(15)21)23-30(26,27)14-7-9-18(28-4)16(11-14)19(24)22-12(2)3/h6-12,23H,5H2,1-4H3,(H,22,24). The minimum Gasteiger partial charge on any atom is -0.496 e. The van der Waals surface area contributed by atoms with Crippen molar-refractivity contribution in [3.63, 3.8) is 0 Å². The predicted molar refractivity (Wildman–Crippen MR) is 114 cm³/mol. The van der Waals surface area contributed by atoms with Crippen LogP contribution in [0.1, 0.15) is 41.5 Å². The van der Waals surface area contributed by atoms with Crippen molar-refractivity contribution >= 4 is 39.2 Å². The van der Waals surface area contributed by atoms with Gasteiger partial charge in [-0.15, -0.1) is 0 Å². The second-order valence-corrected chi connectivity index (χ2v) is 8.60. The Bertz CT molecular complexity index is 1050. The van der Waals surface area contributed by atoms with Crippen LogP contribution >= 0.6 is 11.6 Å². The first-order valence-corrected chi connectivity index (χ1v) is 10.9. The molecule has 0 aliphatic heterocycles. The van der Waals surface area contributed by atoms with Gasteiger partial charge in [-0.05, 0) is 57.2 Å². The SMILES string of the molecule is CCOC(=O)c1ccc(NS(=O)(=O)c2ccc(OC)c(C(=O)NC(C)C)c2)cc1Cl. The number of nitrogens with one attached hydrogen (secondary N) is 2. The molecule has 0 saturated heterocycles. The van der Waals surface area contributed by atoms with Crippen molar-refractivity contribution < 1.29 is 27.5 Å². The molecule has 0 atom stereocenters. The van der Waals surface area contributed by atoms with Gasteiger partial charge in [0.1, 0.15) is 5.75 Å². The van der Waals surface area contributed by atoms with Gasteiger partial charge in [-0.2, -0.15) is 0 Å². The van der Waals surface area contributed by atoms with E-state index >= 15 is 0 Å². The number of benzene rings is 2. The lowest BCUT2D eigenvalue weighted by Crippen LogP contribution is -2.30. The molecule has 0 bridgehead atoms. The summed E-state index contributed by atoms with van der Waals surface area (Å²) in [6.07, 6.45) is 0. The second-order valence-electron chi connectivity index (χ2n) is 6.51. The minimum atomic E-state index is -4.04. The van der Waals surface area contributed by atoms with E-state index in [4.69, 9.17) is 21.1 Å². The molecule has 10 heteroatoms. The largest absolute Gasteiger partial charge is 0.496 e. The van der Waals surface area contributed by atoms with Crippen LogP contribution in [-0.2, 0) is 14.8 Å². The molecule has 1 amide bonds. The summed E-state index contributed by atoms with van der Waals surface area (Å²) in [5.74, 6) is -0.817. The summed E-state index contributed by atoms with van der Waals surface area (Å²) >= 11 is 6.08. The molecule has 30 heavy (non-hydrogen) atoms. The number of amides is 1. The van der Waals surface area contributed by atoms with Crippen molar-refractivity contribution in [3.8, 4) is 5.75 Å². The Morgan fingerprint density at radius 2 is 1.80 bits per heavy atom. The number of ether oxygens (including phenoxy) is 2. The normalized spacial score (nSPS) is 11.1. The number of sulfonamides is 1. The molecule has 2 aromatic carbocycles. The van der Waals surface area contributed by atoms with E-state index in [1.165, 1.54) is 43.5 Å². The van der Waals surface area contributed by atoms with Gasteiger partial charge in [0.2, 0.25) is 0 Å². The number of methoxy groups -OCH3 is 1. The molecule has 0 heterocycles. The fourth-order valence-electron chi connectivity index (χ4n) is 2.54. The average Bonchev–Trinajstić information content (AvgIpc) is 2.66. The Labute approximate surface area is 180 Å². The van der Waals surface area contributed by atoms with E-state index < -0.39 is 21.9 Å². The lowest BCUT2D eigenvalue weighted by atomic mass is 10.2. The topological polar surface area (TPSA) is 111 Å². The summed E-state index contributed by atoms with van der Waals surface area (Å²) < 4.78 is 38.1. The van der Waals surface area contributed by atoms with Crippen LogP contribution in [0.4, 0.5) is 5.69 Å². The van der Waals surface area contributed by atoms with E-state index in [0.717, 1.165) is 0 Å². The van der Waals surface area contributed by atoms with Gasteiger partial charge < -0.3 is 14.8 Å². The summed E-state index contributed by atoms with van der Waals surface area (Å²) in [5.41, 5.74) is 0.361. The Hall–Kier alpha value is -2.78. The van der Waals surface area contributed by atoms with Crippen molar-refractivity contribution in [2.24, 2.45) is 0 Å².